The summed E-state index contributed by atoms with van der Waals surface area (Å²) in [6.45, 7) is 0. The summed E-state index contributed by atoms with van der Waals surface area (Å²) >= 11 is 0. The smallest absolute Gasteiger partial charge is 0.271 e. The number of hydrogen-bond donors (Lipinski definition) is 3. The Bertz CT molecular complexity index is 320. The van der Waals surface area contributed by atoms with Crippen LogP contribution < -0.4 is 5.56 Å². The average Bonchev–Trinajstić information content (AvgIpc) is 2.61. The fourth-order valence-electron chi connectivity index (χ4n) is 1.95. The molecule has 1 aromatic heterocycles. The van der Waals surface area contributed by atoms with Crippen molar-refractivity contribution in [2.75, 3.05) is 0 Å². The van der Waals surface area contributed by atoms with Crippen molar-refractivity contribution < 1.29 is 5.11 Å². The van der Waals surface area contributed by atoms with Crippen LogP contribution in [-0.2, 0) is 0 Å². The molecule has 1 aromatic rings. The van der Waals surface area contributed by atoms with E-state index in [-0.39, 0.29) is 17.4 Å². The van der Waals surface area contributed by atoms with E-state index in [0.717, 1.165) is 25.7 Å². The first-order valence-corrected chi connectivity index (χ1v) is 4.28. The Balaban J connectivity index is 2.37. The molecule has 4 nitrogen and oxygen atoms in total. The SMILES string of the molecule is O=c1[nH][nH]c(O)c1C1CCCC1. The molecular formula is C8H12N2O2. The minimum absolute atomic E-state index is 0.0203. The lowest BCUT2D eigenvalue weighted by molar-refractivity contribution is 0.440. The van der Waals surface area contributed by atoms with Gasteiger partial charge in [0.15, 0.2) is 0 Å². The Morgan fingerprint density at radius 2 is 1.92 bits per heavy atom. The molecule has 4 heteroatoms. The quantitative estimate of drug-likeness (QED) is 0.587. The van der Waals surface area contributed by atoms with Gasteiger partial charge in [-0.25, -0.2) is 0 Å². The van der Waals surface area contributed by atoms with Crippen LogP contribution in [0.5, 0.6) is 5.88 Å². The Morgan fingerprint density at radius 1 is 1.25 bits per heavy atom. The molecule has 0 aromatic carbocycles. The molecule has 0 saturated heterocycles. The van der Waals surface area contributed by atoms with Crippen LogP contribution in [0.4, 0.5) is 0 Å². The normalized spacial score (nSPS) is 18.7. The third-order valence-corrected chi connectivity index (χ3v) is 2.56. The topological polar surface area (TPSA) is 68.9 Å². The molecule has 12 heavy (non-hydrogen) atoms. The lowest BCUT2D eigenvalue weighted by Gasteiger charge is -2.03. The minimum atomic E-state index is -0.167. The van der Waals surface area contributed by atoms with Crippen LogP contribution in [0, 0.1) is 0 Å². The number of rotatable bonds is 1. The lowest BCUT2D eigenvalue weighted by Crippen LogP contribution is -2.08. The molecule has 0 unspecified atom stereocenters. The van der Waals surface area contributed by atoms with Crippen molar-refractivity contribution in [3.8, 4) is 5.88 Å². The number of aromatic amines is 2. The summed E-state index contributed by atoms with van der Waals surface area (Å²) < 4.78 is 0. The zero-order chi connectivity index (χ0) is 8.55. The van der Waals surface area contributed by atoms with E-state index in [1.54, 1.807) is 0 Å². The van der Waals surface area contributed by atoms with E-state index < -0.39 is 0 Å². The first kappa shape index (κ1) is 7.46. The molecule has 1 aliphatic rings. The summed E-state index contributed by atoms with van der Waals surface area (Å²) in [5.74, 6) is 0.284. The maximum Gasteiger partial charge on any atom is 0.271 e. The van der Waals surface area contributed by atoms with Crippen molar-refractivity contribution in [1.29, 1.82) is 0 Å². The maximum absolute atomic E-state index is 11.2. The van der Waals surface area contributed by atoms with E-state index in [9.17, 15) is 9.90 Å². The van der Waals surface area contributed by atoms with Gasteiger partial charge >= 0.3 is 0 Å². The molecular weight excluding hydrogens is 156 g/mol. The highest BCUT2D eigenvalue weighted by Crippen LogP contribution is 2.35. The van der Waals surface area contributed by atoms with Crippen molar-refractivity contribution in [2.45, 2.75) is 31.6 Å². The van der Waals surface area contributed by atoms with Gasteiger partial charge in [-0.15, -0.1) is 0 Å². The summed E-state index contributed by atoms with van der Waals surface area (Å²) in [6, 6.07) is 0. The summed E-state index contributed by atoms with van der Waals surface area (Å²) in [4.78, 5) is 11.2. The second-order valence-electron chi connectivity index (χ2n) is 3.32. The van der Waals surface area contributed by atoms with Crippen molar-refractivity contribution in [2.24, 2.45) is 0 Å². The molecule has 1 heterocycles. The van der Waals surface area contributed by atoms with Gasteiger partial charge in [-0.05, 0) is 18.8 Å². The number of H-pyrrole nitrogens is 2. The number of aromatic nitrogens is 2. The van der Waals surface area contributed by atoms with Crippen LogP contribution in [0.2, 0.25) is 0 Å². The van der Waals surface area contributed by atoms with E-state index in [1.807, 2.05) is 0 Å². The van der Waals surface area contributed by atoms with Crippen molar-refractivity contribution in [1.82, 2.24) is 10.2 Å². The van der Waals surface area contributed by atoms with Gasteiger partial charge in [0, 0.05) is 0 Å². The van der Waals surface area contributed by atoms with Crippen LogP contribution in [-0.4, -0.2) is 15.3 Å². The Kier molecular flexibility index (Phi) is 1.67. The molecule has 1 saturated carbocycles. The van der Waals surface area contributed by atoms with Crippen LogP contribution in [0.15, 0.2) is 4.79 Å². The van der Waals surface area contributed by atoms with E-state index in [4.69, 9.17) is 0 Å². The monoisotopic (exact) mass is 168 g/mol. The number of hydrogen-bond acceptors (Lipinski definition) is 2. The minimum Gasteiger partial charge on any atom is -0.493 e. The summed E-state index contributed by atoms with van der Waals surface area (Å²) in [5, 5.41) is 14.1. The zero-order valence-corrected chi connectivity index (χ0v) is 6.76. The van der Waals surface area contributed by atoms with Crippen LogP contribution in [0.3, 0.4) is 0 Å². The highest BCUT2D eigenvalue weighted by atomic mass is 16.3. The number of nitrogens with one attached hydrogen (secondary N) is 2. The highest BCUT2D eigenvalue weighted by molar-refractivity contribution is 5.26. The fourth-order valence-corrected chi connectivity index (χ4v) is 1.95. The average molecular weight is 168 g/mol. The van der Waals surface area contributed by atoms with Gasteiger partial charge in [-0.2, -0.15) is 0 Å². The van der Waals surface area contributed by atoms with Crippen molar-refractivity contribution in [3.05, 3.63) is 15.9 Å². The first-order valence-electron chi connectivity index (χ1n) is 4.28. The Labute approximate surface area is 69.6 Å². The second kappa shape index (κ2) is 2.69. The fraction of sp³-hybridized carbons (Fsp3) is 0.625. The molecule has 1 aliphatic carbocycles. The molecule has 1 fully saturated rings. The van der Waals surface area contributed by atoms with Gasteiger partial charge in [-0.1, -0.05) is 12.8 Å². The molecule has 3 N–H and O–H groups in total. The molecule has 0 aliphatic heterocycles. The predicted octanol–water partition coefficient (Wildman–Crippen LogP) is 1.07. The maximum atomic E-state index is 11.2. The zero-order valence-electron chi connectivity index (χ0n) is 6.76. The Hall–Kier alpha value is -1.19. The van der Waals surface area contributed by atoms with E-state index >= 15 is 0 Å². The largest absolute Gasteiger partial charge is 0.493 e. The van der Waals surface area contributed by atoms with E-state index in [0.29, 0.717) is 5.56 Å². The highest BCUT2D eigenvalue weighted by Gasteiger charge is 2.23. The van der Waals surface area contributed by atoms with Crippen LogP contribution in [0.25, 0.3) is 0 Å². The van der Waals surface area contributed by atoms with Gasteiger partial charge in [0.1, 0.15) is 0 Å². The molecule has 0 amide bonds. The summed E-state index contributed by atoms with van der Waals surface area (Å²) in [6.07, 6.45) is 4.37. The molecule has 0 radical (unpaired) electrons. The van der Waals surface area contributed by atoms with Gasteiger partial charge in [0.2, 0.25) is 5.88 Å². The lowest BCUT2D eigenvalue weighted by atomic mass is 10.0. The molecule has 66 valence electrons. The molecule has 0 spiro atoms. The standard InChI is InChI=1S/C8H12N2O2/c11-7-6(8(12)10-9-7)5-3-1-2-4-5/h5H,1-4H2,(H3,9,10,11,12). The van der Waals surface area contributed by atoms with Crippen LogP contribution in [0.1, 0.15) is 37.2 Å². The van der Waals surface area contributed by atoms with Gasteiger partial charge in [0.05, 0.1) is 5.56 Å². The summed E-state index contributed by atoms with van der Waals surface area (Å²) in [7, 11) is 0. The predicted molar refractivity (Wildman–Crippen MR) is 44.3 cm³/mol. The van der Waals surface area contributed by atoms with Gasteiger partial charge in [0.25, 0.3) is 5.56 Å². The van der Waals surface area contributed by atoms with Crippen molar-refractivity contribution in [3.63, 3.8) is 0 Å². The third kappa shape index (κ3) is 1.03. The second-order valence-corrected chi connectivity index (χ2v) is 3.32. The third-order valence-electron chi connectivity index (χ3n) is 2.56. The number of aromatic hydroxyl groups is 1. The Morgan fingerprint density at radius 3 is 2.42 bits per heavy atom. The van der Waals surface area contributed by atoms with E-state index in [1.165, 1.54) is 0 Å². The van der Waals surface area contributed by atoms with Gasteiger partial charge in [-0.3, -0.25) is 15.0 Å². The van der Waals surface area contributed by atoms with Crippen molar-refractivity contribution >= 4 is 0 Å². The van der Waals surface area contributed by atoms with E-state index in [2.05, 4.69) is 10.2 Å². The molecule has 0 atom stereocenters. The molecule has 0 bridgehead atoms. The van der Waals surface area contributed by atoms with Crippen LogP contribution >= 0.6 is 0 Å². The molecule has 2 rings (SSSR count). The van der Waals surface area contributed by atoms with Gasteiger partial charge < -0.3 is 5.11 Å². The summed E-state index contributed by atoms with van der Waals surface area (Å²) in [5.41, 5.74) is 0.381. The first-order chi connectivity index (χ1) is 5.79.